The van der Waals surface area contributed by atoms with Crippen LogP contribution in [0.2, 0.25) is 0 Å². The van der Waals surface area contributed by atoms with Crippen molar-refractivity contribution in [3.63, 3.8) is 0 Å². The molecule has 0 bridgehead atoms. The van der Waals surface area contributed by atoms with Crippen molar-refractivity contribution in [1.29, 1.82) is 5.26 Å². The van der Waals surface area contributed by atoms with Crippen LogP contribution in [-0.2, 0) is 10.0 Å². The molecule has 0 radical (unpaired) electrons. The summed E-state index contributed by atoms with van der Waals surface area (Å²) in [6.45, 7) is 12.4. The molecule has 1 saturated carbocycles. The number of hydrogen-bond donors (Lipinski definition) is 1. The zero-order valence-corrected chi connectivity index (χ0v) is 24.5. The predicted octanol–water partition coefficient (Wildman–Crippen LogP) is 4.26. The molecule has 1 saturated heterocycles. The number of sulfonamides is 1. The number of nitriles is 1. The maximum absolute atomic E-state index is 13.4. The van der Waals surface area contributed by atoms with Crippen LogP contribution in [-0.4, -0.2) is 71.6 Å². The fraction of sp³-hybridized carbons (Fsp3) is 0.538. The molecule has 0 unspecified atom stereocenters. The number of rotatable bonds is 9. The van der Waals surface area contributed by atoms with Gasteiger partial charge in [0, 0.05) is 43.8 Å². The Morgan fingerprint density at radius 1 is 1.23 bits per heavy atom. The highest BCUT2D eigenvalue weighted by Crippen LogP contribution is 2.38. The lowest BCUT2D eigenvalue weighted by Gasteiger charge is -2.39. The molecule has 1 aliphatic carbocycles. The van der Waals surface area contributed by atoms with Gasteiger partial charge in [0.1, 0.15) is 5.54 Å². The number of fused-ring (bicyclic) bond motifs is 1. The lowest BCUT2D eigenvalue weighted by atomic mass is 9.90. The van der Waals surface area contributed by atoms with E-state index in [1.54, 1.807) is 12.3 Å². The third kappa shape index (κ3) is 5.88. The summed E-state index contributed by atoms with van der Waals surface area (Å²) in [4.78, 5) is 4.50. The largest absolute Gasteiger partial charge is 0.368 e. The normalized spacial score (nSPS) is 17.8. The second-order valence-electron chi connectivity index (χ2n) is 11.4. The molecule has 10 nitrogen and oxygen atoms in total. The average molecular weight is 591 g/mol. The van der Waals surface area contributed by atoms with Crippen molar-refractivity contribution in [3.05, 3.63) is 35.0 Å². The molecule has 40 heavy (non-hydrogen) atoms. The van der Waals surface area contributed by atoms with Gasteiger partial charge in [-0.15, -0.1) is 10.2 Å². The van der Waals surface area contributed by atoms with Gasteiger partial charge in [0.15, 0.2) is 5.01 Å². The van der Waals surface area contributed by atoms with E-state index in [1.165, 1.54) is 16.3 Å². The second kappa shape index (κ2) is 10.4. The Bertz CT molecular complexity index is 1590. The standard InChI is InChI=1S/C26H32F2N8O2S2/c1-17(2)13-25(3,4)16-34-7-9-35(10-8-34)20-11-18(40(37,38)33-26(15-29)5-6-26)12-21-19(20)14-30-36(21)24-32-31-23(39-24)22(27)28/h11-14,22,33H,5-10,16H2,1-4H3. The molecule has 214 valence electrons. The average Bonchev–Trinajstić information content (AvgIpc) is 3.25. The Hall–Kier alpha value is -2.99. The number of nitrogens with one attached hydrogen (secondary N) is 1. The Morgan fingerprint density at radius 3 is 2.50 bits per heavy atom. The van der Waals surface area contributed by atoms with E-state index in [-0.39, 0.29) is 15.4 Å². The highest BCUT2D eigenvalue weighted by molar-refractivity contribution is 7.89. The maximum Gasteiger partial charge on any atom is 0.291 e. The highest BCUT2D eigenvalue weighted by atomic mass is 32.2. The van der Waals surface area contributed by atoms with Crippen molar-refractivity contribution in [2.75, 3.05) is 37.6 Å². The van der Waals surface area contributed by atoms with Crippen molar-refractivity contribution in [2.24, 2.45) is 5.41 Å². The van der Waals surface area contributed by atoms with Gasteiger partial charge in [-0.1, -0.05) is 36.8 Å². The van der Waals surface area contributed by atoms with Crippen LogP contribution in [0, 0.1) is 16.7 Å². The van der Waals surface area contributed by atoms with Gasteiger partial charge >= 0.3 is 0 Å². The Labute approximate surface area is 236 Å². The number of hydrogen-bond acceptors (Lipinski definition) is 9. The van der Waals surface area contributed by atoms with Crippen molar-refractivity contribution >= 4 is 38.0 Å². The van der Waals surface area contributed by atoms with E-state index >= 15 is 0 Å². The number of halogens is 2. The molecule has 5 rings (SSSR count). The third-order valence-electron chi connectivity index (χ3n) is 7.07. The molecule has 1 aliphatic heterocycles. The van der Waals surface area contributed by atoms with E-state index in [9.17, 15) is 22.5 Å². The summed E-state index contributed by atoms with van der Waals surface area (Å²) in [7, 11) is -4.06. The van der Waals surface area contributed by atoms with Crippen molar-refractivity contribution in [2.45, 2.75) is 57.4 Å². The minimum absolute atomic E-state index is 0.0212. The fourth-order valence-electron chi connectivity index (χ4n) is 5.28. The molecule has 3 heterocycles. The highest BCUT2D eigenvalue weighted by Gasteiger charge is 2.47. The Kier molecular flexibility index (Phi) is 7.45. The summed E-state index contributed by atoms with van der Waals surface area (Å²) in [5, 5.41) is 21.6. The summed E-state index contributed by atoms with van der Waals surface area (Å²) in [6.07, 6.45) is 1.99. The summed E-state index contributed by atoms with van der Waals surface area (Å²) >= 11 is 0.697. The zero-order chi connectivity index (χ0) is 28.9. The van der Waals surface area contributed by atoms with Crippen LogP contribution < -0.4 is 9.62 Å². The minimum Gasteiger partial charge on any atom is -0.368 e. The van der Waals surface area contributed by atoms with Crippen molar-refractivity contribution < 1.29 is 17.2 Å². The van der Waals surface area contributed by atoms with Gasteiger partial charge in [0.05, 0.1) is 22.7 Å². The zero-order valence-electron chi connectivity index (χ0n) is 22.9. The first-order valence-electron chi connectivity index (χ1n) is 13.0. The van der Waals surface area contributed by atoms with Crippen molar-refractivity contribution in [3.8, 4) is 11.2 Å². The van der Waals surface area contributed by atoms with E-state index in [2.05, 4.69) is 69.7 Å². The quantitative estimate of drug-likeness (QED) is 0.367. The topological polar surface area (TPSA) is 120 Å². The van der Waals surface area contributed by atoms with Crippen LogP contribution in [0.5, 0.6) is 0 Å². The van der Waals surface area contributed by atoms with Crippen molar-refractivity contribution in [1.82, 2.24) is 29.6 Å². The van der Waals surface area contributed by atoms with E-state index in [1.807, 2.05) is 0 Å². The Morgan fingerprint density at radius 2 is 1.93 bits per heavy atom. The van der Waals surface area contributed by atoms with Gasteiger partial charge in [-0.3, -0.25) is 4.90 Å². The molecule has 0 amide bonds. The predicted molar refractivity (Wildman–Crippen MR) is 149 cm³/mol. The van der Waals surface area contributed by atoms with Gasteiger partial charge < -0.3 is 4.90 Å². The van der Waals surface area contributed by atoms with Gasteiger partial charge in [-0.2, -0.15) is 15.1 Å². The number of nitrogens with zero attached hydrogens (tertiary/aromatic N) is 7. The van der Waals surface area contributed by atoms with Crippen LogP contribution in [0.1, 0.15) is 52.0 Å². The summed E-state index contributed by atoms with van der Waals surface area (Å²) in [6, 6.07) is 5.12. The maximum atomic E-state index is 13.4. The molecule has 3 aromatic rings. The van der Waals surface area contributed by atoms with E-state index < -0.39 is 27.0 Å². The lowest BCUT2D eigenvalue weighted by molar-refractivity contribution is 0.150. The van der Waals surface area contributed by atoms with Gasteiger partial charge in [0.25, 0.3) is 6.43 Å². The minimum atomic E-state index is -4.06. The van der Waals surface area contributed by atoms with Crippen LogP contribution in [0.15, 0.2) is 34.9 Å². The van der Waals surface area contributed by atoms with E-state index in [0.717, 1.165) is 19.6 Å². The number of piperazine rings is 1. The van der Waals surface area contributed by atoms with E-state index in [4.69, 9.17) is 0 Å². The second-order valence-corrected chi connectivity index (χ2v) is 14.1. The molecule has 2 aromatic heterocycles. The summed E-state index contributed by atoms with van der Waals surface area (Å²) in [5.41, 5.74) is 1.28. The first-order valence-corrected chi connectivity index (χ1v) is 15.3. The first-order chi connectivity index (χ1) is 18.8. The fourth-order valence-corrected chi connectivity index (χ4v) is 7.37. The van der Waals surface area contributed by atoms with Crippen LogP contribution in [0.4, 0.5) is 14.5 Å². The smallest absolute Gasteiger partial charge is 0.291 e. The molecular weight excluding hydrogens is 558 g/mol. The van der Waals surface area contributed by atoms with Gasteiger partial charge in [-0.05, 0) is 44.2 Å². The summed E-state index contributed by atoms with van der Waals surface area (Å²) < 4.78 is 57.2. The molecular formula is C26H32F2N8O2S2. The van der Waals surface area contributed by atoms with Gasteiger partial charge in [-0.25, -0.2) is 21.9 Å². The number of benzene rings is 1. The number of anilines is 1. The number of aromatic nitrogens is 4. The molecule has 0 atom stereocenters. The SMILES string of the molecule is CC(C)=CC(C)(C)CN1CCN(c2cc(S(=O)(=O)NC3(C#N)CC3)cc3c2cnn3-c2nnc(C(F)F)s2)CC1. The van der Waals surface area contributed by atoms with Crippen LogP contribution in [0.3, 0.4) is 0 Å². The number of allylic oxidation sites excluding steroid dienone is 1. The van der Waals surface area contributed by atoms with Crippen LogP contribution >= 0.6 is 11.3 Å². The molecule has 1 aromatic carbocycles. The number of alkyl halides is 2. The molecule has 0 spiro atoms. The summed E-state index contributed by atoms with van der Waals surface area (Å²) in [5.74, 6) is 0. The molecule has 2 fully saturated rings. The molecule has 14 heteroatoms. The third-order valence-corrected chi connectivity index (χ3v) is 9.49. The Balaban J connectivity index is 1.51. The van der Waals surface area contributed by atoms with Crippen LogP contribution in [0.25, 0.3) is 16.0 Å². The molecule has 1 N–H and O–H groups in total. The molecule has 2 aliphatic rings. The van der Waals surface area contributed by atoms with E-state index in [0.29, 0.717) is 53.9 Å². The lowest BCUT2D eigenvalue weighted by Crippen LogP contribution is -2.49. The van der Waals surface area contributed by atoms with Gasteiger partial charge in [0.2, 0.25) is 15.2 Å². The first kappa shape index (κ1) is 28.5. The monoisotopic (exact) mass is 590 g/mol.